The zero-order valence-corrected chi connectivity index (χ0v) is 14.4. The predicted molar refractivity (Wildman–Crippen MR) is 96.4 cm³/mol. The molecule has 1 aliphatic rings. The van der Waals surface area contributed by atoms with Gasteiger partial charge in [-0.25, -0.2) is 4.39 Å². The van der Waals surface area contributed by atoms with E-state index in [1.807, 2.05) is 6.07 Å². The van der Waals surface area contributed by atoms with Gasteiger partial charge in [0.15, 0.2) is 0 Å². The molecule has 0 saturated carbocycles. The third kappa shape index (κ3) is 4.56. The lowest BCUT2D eigenvalue weighted by atomic mass is 10.1. The summed E-state index contributed by atoms with van der Waals surface area (Å²) in [7, 11) is 0. The third-order valence-electron chi connectivity index (χ3n) is 4.39. The van der Waals surface area contributed by atoms with Crippen molar-refractivity contribution in [2.75, 3.05) is 38.0 Å². The van der Waals surface area contributed by atoms with E-state index in [0.717, 1.165) is 24.1 Å². The van der Waals surface area contributed by atoms with Crippen molar-refractivity contribution in [3.8, 4) is 0 Å². The van der Waals surface area contributed by atoms with Crippen LogP contribution in [-0.4, -0.2) is 59.8 Å². The lowest BCUT2D eigenvalue weighted by Gasteiger charge is -2.32. The molecule has 0 radical (unpaired) electrons. The van der Waals surface area contributed by atoms with Gasteiger partial charge in [-0.3, -0.25) is 14.6 Å². The third-order valence-corrected chi connectivity index (χ3v) is 4.39. The summed E-state index contributed by atoms with van der Waals surface area (Å²) in [6.45, 7) is 2.79. The number of amides is 2. The summed E-state index contributed by atoms with van der Waals surface area (Å²) >= 11 is 0. The number of piperazine rings is 1. The van der Waals surface area contributed by atoms with E-state index in [1.54, 1.807) is 34.2 Å². The van der Waals surface area contributed by atoms with Gasteiger partial charge < -0.3 is 15.1 Å². The zero-order chi connectivity index (χ0) is 18.4. The monoisotopic (exact) mass is 356 g/mol. The largest absolute Gasteiger partial charge is 0.385 e. The van der Waals surface area contributed by atoms with Crippen LogP contribution in [0.25, 0.3) is 0 Å². The second kappa shape index (κ2) is 8.42. The van der Waals surface area contributed by atoms with E-state index in [4.69, 9.17) is 0 Å². The van der Waals surface area contributed by atoms with E-state index >= 15 is 0 Å². The second-order valence-corrected chi connectivity index (χ2v) is 6.17. The standard InChI is InChI=1S/C19H21FN4O2/c20-16-3-1-15(2-4-16)5-7-21-17-6-8-22-18(13-17)19(26)24-11-9-23(14-25)10-12-24/h1-4,6,8,13-14H,5,7,9-12H2,(H,21,22). The average Bonchev–Trinajstić information content (AvgIpc) is 2.69. The van der Waals surface area contributed by atoms with Crippen LogP contribution in [0.1, 0.15) is 16.1 Å². The quantitative estimate of drug-likeness (QED) is 0.802. The van der Waals surface area contributed by atoms with Gasteiger partial charge in [0.05, 0.1) is 0 Å². The molecule has 0 spiro atoms. The van der Waals surface area contributed by atoms with Crippen molar-refractivity contribution in [1.82, 2.24) is 14.8 Å². The van der Waals surface area contributed by atoms with Crippen molar-refractivity contribution >= 4 is 18.0 Å². The van der Waals surface area contributed by atoms with Gasteiger partial charge in [0.25, 0.3) is 5.91 Å². The maximum Gasteiger partial charge on any atom is 0.272 e. The maximum atomic E-state index is 12.9. The van der Waals surface area contributed by atoms with E-state index in [2.05, 4.69) is 10.3 Å². The molecule has 2 amide bonds. The second-order valence-electron chi connectivity index (χ2n) is 6.17. The number of aromatic nitrogens is 1. The number of pyridine rings is 1. The Balaban J connectivity index is 1.55. The number of halogens is 1. The first-order chi connectivity index (χ1) is 12.7. The fourth-order valence-corrected chi connectivity index (χ4v) is 2.85. The Kier molecular flexibility index (Phi) is 5.78. The van der Waals surface area contributed by atoms with Crippen LogP contribution in [0.5, 0.6) is 0 Å². The van der Waals surface area contributed by atoms with Crippen molar-refractivity contribution in [2.45, 2.75) is 6.42 Å². The lowest BCUT2D eigenvalue weighted by molar-refractivity contribution is -0.119. The summed E-state index contributed by atoms with van der Waals surface area (Å²) in [5.74, 6) is -0.370. The van der Waals surface area contributed by atoms with Crippen LogP contribution in [0.2, 0.25) is 0 Å². The Morgan fingerprint density at radius 1 is 1.15 bits per heavy atom. The molecule has 1 aliphatic heterocycles. The van der Waals surface area contributed by atoms with Crippen LogP contribution < -0.4 is 5.32 Å². The van der Waals surface area contributed by atoms with Crippen molar-refractivity contribution in [2.24, 2.45) is 0 Å². The van der Waals surface area contributed by atoms with E-state index in [-0.39, 0.29) is 11.7 Å². The number of rotatable bonds is 6. The molecule has 6 nitrogen and oxygen atoms in total. The van der Waals surface area contributed by atoms with Gasteiger partial charge in [0, 0.05) is 44.6 Å². The molecule has 7 heteroatoms. The normalized spacial score (nSPS) is 14.2. The summed E-state index contributed by atoms with van der Waals surface area (Å²) in [5, 5.41) is 3.26. The van der Waals surface area contributed by atoms with Crippen LogP contribution in [0, 0.1) is 5.82 Å². The van der Waals surface area contributed by atoms with Gasteiger partial charge in [-0.15, -0.1) is 0 Å². The lowest BCUT2D eigenvalue weighted by Crippen LogP contribution is -2.48. The summed E-state index contributed by atoms with van der Waals surface area (Å²) in [6, 6.07) is 9.96. The first-order valence-electron chi connectivity index (χ1n) is 8.59. The molecule has 26 heavy (non-hydrogen) atoms. The molecule has 0 unspecified atom stereocenters. The fraction of sp³-hybridized carbons (Fsp3) is 0.316. The molecule has 0 atom stereocenters. The number of carbonyl (C=O) groups is 2. The molecule has 2 aromatic rings. The molecule has 1 aromatic heterocycles. The molecule has 1 fully saturated rings. The van der Waals surface area contributed by atoms with Gasteiger partial charge in [-0.1, -0.05) is 12.1 Å². The SMILES string of the molecule is O=CN1CCN(C(=O)c2cc(NCCc3ccc(F)cc3)ccn2)CC1. The zero-order valence-electron chi connectivity index (χ0n) is 14.4. The minimum atomic E-state index is -0.243. The first-order valence-corrected chi connectivity index (χ1v) is 8.59. The molecular weight excluding hydrogens is 335 g/mol. The fourth-order valence-electron chi connectivity index (χ4n) is 2.85. The van der Waals surface area contributed by atoms with Crippen LogP contribution in [0.3, 0.4) is 0 Å². The van der Waals surface area contributed by atoms with Crippen molar-refractivity contribution in [3.05, 3.63) is 59.7 Å². The van der Waals surface area contributed by atoms with Gasteiger partial charge in [-0.2, -0.15) is 0 Å². The molecule has 3 rings (SSSR count). The number of benzene rings is 1. The highest BCUT2D eigenvalue weighted by Crippen LogP contribution is 2.12. The molecule has 0 aliphatic carbocycles. The molecule has 2 heterocycles. The molecule has 1 aromatic carbocycles. The smallest absolute Gasteiger partial charge is 0.272 e. The molecule has 1 saturated heterocycles. The van der Waals surface area contributed by atoms with Crippen LogP contribution >= 0.6 is 0 Å². The van der Waals surface area contributed by atoms with E-state index in [9.17, 15) is 14.0 Å². The molecular formula is C19H21FN4O2. The van der Waals surface area contributed by atoms with Crippen LogP contribution in [0.4, 0.5) is 10.1 Å². The molecule has 0 bridgehead atoms. The maximum absolute atomic E-state index is 12.9. The summed E-state index contributed by atoms with van der Waals surface area (Å²) < 4.78 is 12.9. The molecule has 136 valence electrons. The Bertz CT molecular complexity index is 758. The van der Waals surface area contributed by atoms with Crippen LogP contribution in [0.15, 0.2) is 42.6 Å². The first kappa shape index (κ1) is 17.8. The summed E-state index contributed by atoms with van der Waals surface area (Å²) in [5.41, 5.74) is 2.24. The van der Waals surface area contributed by atoms with Gasteiger partial charge in [0.2, 0.25) is 6.41 Å². The van der Waals surface area contributed by atoms with E-state index in [1.165, 1.54) is 12.1 Å². The van der Waals surface area contributed by atoms with Crippen molar-refractivity contribution < 1.29 is 14.0 Å². The Morgan fingerprint density at radius 3 is 2.58 bits per heavy atom. The Hall–Kier alpha value is -2.96. The van der Waals surface area contributed by atoms with Gasteiger partial charge in [0.1, 0.15) is 11.5 Å². The minimum absolute atomic E-state index is 0.127. The average molecular weight is 356 g/mol. The number of nitrogens with one attached hydrogen (secondary N) is 1. The predicted octanol–water partition coefficient (Wildman–Crippen LogP) is 1.79. The highest BCUT2D eigenvalue weighted by Gasteiger charge is 2.22. The number of anilines is 1. The van der Waals surface area contributed by atoms with Gasteiger partial charge in [-0.05, 0) is 36.2 Å². The Labute approximate surface area is 151 Å². The topological polar surface area (TPSA) is 65.5 Å². The Morgan fingerprint density at radius 2 is 1.88 bits per heavy atom. The highest BCUT2D eigenvalue weighted by atomic mass is 19.1. The molecule has 1 N–H and O–H groups in total. The highest BCUT2D eigenvalue weighted by molar-refractivity contribution is 5.93. The summed E-state index contributed by atoms with van der Waals surface area (Å²) in [4.78, 5) is 30.9. The number of nitrogens with zero attached hydrogens (tertiary/aromatic N) is 3. The van der Waals surface area contributed by atoms with E-state index < -0.39 is 0 Å². The van der Waals surface area contributed by atoms with Crippen LogP contribution in [-0.2, 0) is 11.2 Å². The summed E-state index contributed by atoms with van der Waals surface area (Å²) in [6.07, 6.45) is 3.17. The van der Waals surface area contributed by atoms with E-state index in [0.29, 0.717) is 38.4 Å². The number of hydrogen-bond donors (Lipinski definition) is 1. The van der Waals surface area contributed by atoms with Crippen molar-refractivity contribution in [3.63, 3.8) is 0 Å². The van der Waals surface area contributed by atoms with Gasteiger partial charge >= 0.3 is 0 Å². The number of carbonyl (C=O) groups excluding carboxylic acids is 2. The van der Waals surface area contributed by atoms with Crippen molar-refractivity contribution in [1.29, 1.82) is 0 Å². The number of hydrogen-bond acceptors (Lipinski definition) is 4. The minimum Gasteiger partial charge on any atom is -0.385 e.